The maximum Gasteiger partial charge on any atom is 0.322 e. The van der Waals surface area contributed by atoms with Crippen LogP contribution in [-0.4, -0.2) is 32.1 Å². The van der Waals surface area contributed by atoms with Crippen LogP contribution in [0.3, 0.4) is 0 Å². The molecule has 2 aromatic rings. The van der Waals surface area contributed by atoms with E-state index in [1.54, 1.807) is 31.2 Å². The first-order valence-corrected chi connectivity index (χ1v) is 5.57. The van der Waals surface area contributed by atoms with Crippen LogP contribution in [0.5, 0.6) is 0 Å². The number of imide groups is 1. The zero-order valence-corrected chi connectivity index (χ0v) is 9.99. The molecule has 1 aliphatic rings. The van der Waals surface area contributed by atoms with E-state index in [1.807, 2.05) is 0 Å². The van der Waals surface area contributed by atoms with Gasteiger partial charge in [-0.05, 0) is 35.0 Å². The van der Waals surface area contributed by atoms with Crippen molar-refractivity contribution in [3.05, 3.63) is 36.2 Å². The molecule has 0 bridgehead atoms. The molecule has 96 valence electrons. The number of nitrogens with zero attached hydrogens (tertiary/aromatic N) is 4. The Bertz CT molecular complexity index is 653. The maximum atomic E-state index is 11.9. The maximum absolute atomic E-state index is 11.9. The fourth-order valence-electron chi connectivity index (χ4n) is 1.99. The molecule has 19 heavy (non-hydrogen) atoms. The molecule has 1 aliphatic heterocycles. The van der Waals surface area contributed by atoms with Gasteiger partial charge in [-0.2, -0.15) is 0 Å². The highest BCUT2D eigenvalue weighted by Gasteiger charge is 2.43. The number of nitrogens with one attached hydrogen (secondary N) is 2. The molecular formula is C11H10N6O2. The quantitative estimate of drug-likeness (QED) is 0.721. The third-order valence-electron chi connectivity index (χ3n) is 3.08. The molecular weight excluding hydrogens is 248 g/mol. The summed E-state index contributed by atoms with van der Waals surface area (Å²) in [6.45, 7) is 1.64. The number of amides is 3. The molecule has 1 fully saturated rings. The Labute approximate surface area is 107 Å². The lowest BCUT2D eigenvalue weighted by molar-refractivity contribution is -0.123. The Morgan fingerprint density at radius 2 is 2.16 bits per heavy atom. The number of carbonyl (C=O) groups excluding carboxylic acids is 2. The number of tetrazole rings is 1. The molecule has 3 rings (SSSR count). The standard InChI is InChI=1S/C11H10N6O2/c1-11(9(18)13-10(19)14-11)7-3-2-4-8(5-7)17-6-12-15-16-17/h2-6H,1H3,(H2,13,14,18,19). The van der Waals surface area contributed by atoms with Crippen LogP contribution in [0.25, 0.3) is 5.69 Å². The van der Waals surface area contributed by atoms with Crippen LogP contribution < -0.4 is 10.6 Å². The van der Waals surface area contributed by atoms with Crippen LogP contribution in [0.2, 0.25) is 0 Å². The van der Waals surface area contributed by atoms with Gasteiger partial charge < -0.3 is 5.32 Å². The van der Waals surface area contributed by atoms with E-state index >= 15 is 0 Å². The molecule has 1 saturated heterocycles. The van der Waals surface area contributed by atoms with Gasteiger partial charge in [-0.25, -0.2) is 9.48 Å². The summed E-state index contributed by atoms with van der Waals surface area (Å²) in [6, 6.07) is 6.59. The van der Waals surface area contributed by atoms with Crippen molar-refractivity contribution in [2.24, 2.45) is 0 Å². The lowest BCUT2D eigenvalue weighted by Gasteiger charge is -2.21. The van der Waals surface area contributed by atoms with E-state index in [1.165, 1.54) is 11.0 Å². The third-order valence-corrected chi connectivity index (χ3v) is 3.08. The molecule has 0 radical (unpaired) electrons. The molecule has 2 heterocycles. The molecule has 8 heteroatoms. The number of hydrogen-bond donors (Lipinski definition) is 2. The summed E-state index contributed by atoms with van der Waals surface area (Å²) in [6.07, 6.45) is 1.45. The molecule has 8 nitrogen and oxygen atoms in total. The van der Waals surface area contributed by atoms with Crippen molar-refractivity contribution in [3.8, 4) is 5.69 Å². The number of benzene rings is 1. The van der Waals surface area contributed by atoms with Crippen LogP contribution >= 0.6 is 0 Å². The second-order valence-corrected chi connectivity index (χ2v) is 4.34. The first-order valence-electron chi connectivity index (χ1n) is 5.57. The Kier molecular flexibility index (Phi) is 2.31. The van der Waals surface area contributed by atoms with Crippen LogP contribution in [0.1, 0.15) is 12.5 Å². The normalized spacial score (nSPS) is 22.2. The van der Waals surface area contributed by atoms with Gasteiger partial charge in [-0.1, -0.05) is 12.1 Å². The van der Waals surface area contributed by atoms with E-state index in [-0.39, 0.29) is 5.91 Å². The van der Waals surface area contributed by atoms with E-state index in [0.717, 1.165) is 0 Å². The van der Waals surface area contributed by atoms with E-state index in [9.17, 15) is 9.59 Å². The van der Waals surface area contributed by atoms with Gasteiger partial charge in [0.2, 0.25) is 0 Å². The first-order chi connectivity index (χ1) is 9.09. The lowest BCUT2D eigenvalue weighted by atomic mass is 9.92. The summed E-state index contributed by atoms with van der Waals surface area (Å²) in [5.74, 6) is -0.383. The van der Waals surface area contributed by atoms with Gasteiger partial charge in [0.1, 0.15) is 11.9 Å². The topological polar surface area (TPSA) is 102 Å². The van der Waals surface area contributed by atoms with Crippen LogP contribution in [0.4, 0.5) is 4.79 Å². The minimum absolute atomic E-state index is 0.383. The molecule has 0 spiro atoms. The Morgan fingerprint density at radius 1 is 1.32 bits per heavy atom. The summed E-state index contributed by atoms with van der Waals surface area (Å²) in [5.41, 5.74) is 0.280. The minimum atomic E-state index is -1.08. The monoisotopic (exact) mass is 258 g/mol. The summed E-state index contributed by atoms with van der Waals surface area (Å²) >= 11 is 0. The fraction of sp³-hybridized carbons (Fsp3) is 0.182. The van der Waals surface area contributed by atoms with Crippen molar-refractivity contribution in [1.29, 1.82) is 0 Å². The van der Waals surface area contributed by atoms with Crippen molar-refractivity contribution in [2.75, 3.05) is 0 Å². The van der Waals surface area contributed by atoms with E-state index < -0.39 is 11.6 Å². The molecule has 1 aromatic carbocycles. The average molecular weight is 258 g/mol. The fourth-order valence-corrected chi connectivity index (χ4v) is 1.99. The third kappa shape index (κ3) is 1.73. The Hall–Kier alpha value is -2.77. The molecule has 0 saturated carbocycles. The number of urea groups is 1. The highest BCUT2D eigenvalue weighted by Crippen LogP contribution is 2.25. The van der Waals surface area contributed by atoms with Crippen LogP contribution in [-0.2, 0) is 10.3 Å². The predicted octanol–water partition coefficient (Wildman–Crippen LogP) is -0.283. The van der Waals surface area contributed by atoms with E-state index in [0.29, 0.717) is 11.3 Å². The molecule has 3 amide bonds. The summed E-state index contributed by atoms with van der Waals surface area (Å²) < 4.78 is 1.47. The second kappa shape index (κ2) is 3.87. The molecule has 1 aromatic heterocycles. The van der Waals surface area contributed by atoms with Crippen molar-refractivity contribution in [2.45, 2.75) is 12.5 Å². The Balaban J connectivity index is 2.05. The molecule has 1 unspecified atom stereocenters. The average Bonchev–Trinajstić information content (AvgIpc) is 2.99. The number of hydrogen-bond acceptors (Lipinski definition) is 5. The van der Waals surface area contributed by atoms with Crippen molar-refractivity contribution < 1.29 is 9.59 Å². The van der Waals surface area contributed by atoms with Gasteiger partial charge in [0.25, 0.3) is 5.91 Å². The predicted molar refractivity (Wildman–Crippen MR) is 63.2 cm³/mol. The van der Waals surface area contributed by atoms with Gasteiger partial charge in [0, 0.05) is 0 Å². The zero-order chi connectivity index (χ0) is 13.5. The van der Waals surface area contributed by atoms with Gasteiger partial charge in [0.05, 0.1) is 5.69 Å². The molecule has 2 N–H and O–H groups in total. The lowest BCUT2D eigenvalue weighted by Crippen LogP contribution is -2.40. The van der Waals surface area contributed by atoms with Crippen molar-refractivity contribution in [3.63, 3.8) is 0 Å². The van der Waals surface area contributed by atoms with Crippen molar-refractivity contribution >= 4 is 11.9 Å². The highest BCUT2D eigenvalue weighted by molar-refractivity contribution is 6.07. The van der Waals surface area contributed by atoms with Gasteiger partial charge in [0.15, 0.2) is 0 Å². The molecule has 0 aliphatic carbocycles. The zero-order valence-electron chi connectivity index (χ0n) is 9.99. The van der Waals surface area contributed by atoms with Crippen molar-refractivity contribution in [1.82, 2.24) is 30.8 Å². The largest absolute Gasteiger partial charge is 0.322 e. The number of aromatic nitrogens is 4. The summed E-state index contributed by atoms with van der Waals surface area (Å²) in [5, 5.41) is 15.7. The summed E-state index contributed by atoms with van der Waals surface area (Å²) in [7, 11) is 0. The second-order valence-electron chi connectivity index (χ2n) is 4.34. The van der Waals surface area contributed by atoms with Crippen LogP contribution in [0.15, 0.2) is 30.6 Å². The first kappa shape index (κ1) is 11.3. The number of carbonyl (C=O) groups is 2. The Morgan fingerprint density at radius 3 is 2.79 bits per heavy atom. The SMILES string of the molecule is CC1(c2cccc(-n3cnnn3)c2)NC(=O)NC1=O. The summed E-state index contributed by atoms with van der Waals surface area (Å²) in [4.78, 5) is 23.1. The van der Waals surface area contributed by atoms with Gasteiger partial charge in [-0.3, -0.25) is 10.1 Å². The van der Waals surface area contributed by atoms with E-state index in [2.05, 4.69) is 26.2 Å². The number of rotatable bonds is 2. The van der Waals surface area contributed by atoms with Crippen LogP contribution in [0, 0.1) is 0 Å². The molecule has 1 atom stereocenters. The van der Waals surface area contributed by atoms with Gasteiger partial charge in [-0.15, -0.1) is 5.10 Å². The van der Waals surface area contributed by atoms with Gasteiger partial charge >= 0.3 is 6.03 Å². The highest BCUT2D eigenvalue weighted by atomic mass is 16.2. The van der Waals surface area contributed by atoms with E-state index in [4.69, 9.17) is 0 Å². The minimum Gasteiger partial charge on any atom is -0.320 e. The smallest absolute Gasteiger partial charge is 0.320 e.